The van der Waals surface area contributed by atoms with Crippen molar-refractivity contribution in [2.75, 3.05) is 18.5 Å². The van der Waals surface area contributed by atoms with Crippen LogP contribution in [0.1, 0.15) is 33.6 Å². The predicted molar refractivity (Wildman–Crippen MR) is 87.1 cm³/mol. The van der Waals surface area contributed by atoms with Crippen LogP contribution < -0.4 is 10.1 Å². The second-order valence-corrected chi connectivity index (χ2v) is 5.98. The summed E-state index contributed by atoms with van der Waals surface area (Å²) in [7, 11) is 0. The van der Waals surface area contributed by atoms with Crippen LogP contribution in [0.3, 0.4) is 0 Å². The lowest BCUT2D eigenvalue weighted by Gasteiger charge is -2.31. The normalized spacial score (nSPS) is 23.3. The molecule has 0 aliphatic carbocycles. The zero-order valence-electron chi connectivity index (χ0n) is 13.6. The van der Waals surface area contributed by atoms with Crippen LogP contribution in [0.5, 0.6) is 5.75 Å². The summed E-state index contributed by atoms with van der Waals surface area (Å²) in [6, 6.07) is 7.96. The predicted octanol–water partition coefficient (Wildman–Crippen LogP) is 2.26. The second kappa shape index (κ2) is 7.61. The number of anilines is 1. The summed E-state index contributed by atoms with van der Waals surface area (Å²) in [5.74, 6) is 0.700. The van der Waals surface area contributed by atoms with E-state index in [0.29, 0.717) is 17.8 Å². The van der Waals surface area contributed by atoms with Crippen LogP contribution in [0.25, 0.3) is 0 Å². The summed E-state index contributed by atoms with van der Waals surface area (Å²) >= 11 is 0. The van der Waals surface area contributed by atoms with Gasteiger partial charge in [0.05, 0.1) is 12.6 Å². The zero-order chi connectivity index (χ0) is 16.1. The van der Waals surface area contributed by atoms with Gasteiger partial charge < -0.3 is 15.2 Å². The molecule has 1 heterocycles. The number of likely N-dealkylation sites (tertiary alicyclic amines) is 1. The van der Waals surface area contributed by atoms with Crippen molar-refractivity contribution in [3.8, 4) is 5.75 Å². The quantitative estimate of drug-likeness (QED) is 0.846. The molecule has 1 aliphatic rings. The third-order valence-electron chi connectivity index (χ3n) is 4.33. The Hall–Kier alpha value is -1.59. The van der Waals surface area contributed by atoms with Crippen LogP contribution in [0.4, 0.5) is 5.69 Å². The van der Waals surface area contributed by atoms with E-state index in [1.54, 1.807) is 12.1 Å². The molecular weight excluding hydrogens is 280 g/mol. The van der Waals surface area contributed by atoms with Crippen LogP contribution in [0.15, 0.2) is 24.3 Å². The number of benzene rings is 1. The Morgan fingerprint density at radius 2 is 1.91 bits per heavy atom. The van der Waals surface area contributed by atoms with Crippen LogP contribution in [0, 0.1) is 0 Å². The van der Waals surface area contributed by atoms with Crippen molar-refractivity contribution in [2.45, 2.75) is 51.7 Å². The maximum atomic E-state index is 12.4. The van der Waals surface area contributed by atoms with E-state index < -0.39 is 0 Å². The molecule has 22 heavy (non-hydrogen) atoms. The fourth-order valence-electron chi connectivity index (χ4n) is 3.16. The van der Waals surface area contributed by atoms with Gasteiger partial charge in [-0.15, -0.1) is 0 Å². The fraction of sp³-hybridized carbons (Fsp3) is 0.588. The molecule has 2 N–H and O–H groups in total. The first-order chi connectivity index (χ1) is 10.5. The number of amides is 1. The van der Waals surface area contributed by atoms with E-state index in [2.05, 4.69) is 24.1 Å². The van der Waals surface area contributed by atoms with E-state index in [4.69, 9.17) is 9.84 Å². The molecule has 0 unspecified atom stereocenters. The van der Waals surface area contributed by atoms with Gasteiger partial charge in [-0.25, -0.2) is 0 Å². The van der Waals surface area contributed by atoms with Gasteiger partial charge in [0.2, 0.25) is 5.91 Å². The second-order valence-electron chi connectivity index (χ2n) is 5.98. The van der Waals surface area contributed by atoms with Crippen molar-refractivity contribution >= 4 is 11.6 Å². The molecule has 1 aromatic rings. The fourth-order valence-corrected chi connectivity index (χ4v) is 3.16. The third-order valence-corrected chi connectivity index (χ3v) is 4.33. The highest BCUT2D eigenvalue weighted by atomic mass is 16.5. The van der Waals surface area contributed by atoms with Crippen molar-refractivity contribution in [3.05, 3.63) is 24.3 Å². The van der Waals surface area contributed by atoms with Crippen molar-refractivity contribution < 1.29 is 14.6 Å². The third kappa shape index (κ3) is 3.99. The Morgan fingerprint density at radius 3 is 2.45 bits per heavy atom. The van der Waals surface area contributed by atoms with E-state index in [1.165, 1.54) is 0 Å². The van der Waals surface area contributed by atoms with Crippen molar-refractivity contribution in [1.29, 1.82) is 0 Å². The molecule has 5 nitrogen and oxygen atoms in total. The number of carbonyl (C=O) groups is 1. The number of nitrogens with zero attached hydrogens (tertiary/aromatic N) is 1. The summed E-state index contributed by atoms with van der Waals surface area (Å²) in [6.45, 7) is 6.59. The van der Waals surface area contributed by atoms with Gasteiger partial charge in [-0.1, -0.05) is 0 Å². The molecule has 5 heteroatoms. The molecule has 0 aromatic heterocycles. The van der Waals surface area contributed by atoms with E-state index in [-0.39, 0.29) is 25.2 Å². The highest BCUT2D eigenvalue weighted by molar-refractivity contribution is 5.94. The summed E-state index contributed by atoms with van der Waals surface area (Å²) < 4.78 is 5.30. The summed E-state index contributed by atoms with van der Waals surface area (Å²) in [5, 5.41) is 11.7. The van der Waals surface area contributed by atoms with Gasteiger partial charge in [0.1, 0.15) is 12.4 Å². The first kappa shape index (κ1) is 16.8. The lowest BCUT2D eigenvalue weighted by molar-refractivity contribution is -0.121. The van der Waals surface area contributed by atoms with E-state index >= 15 is 0 Å². The topological polar surface area (TPSA) is 61.8 Å². The van der Waals surface area contributed by atoms with Crippen LogP contribution in [-0.2, 0) is 4.79 Å². The summed E-state index contributed by atoms with van der Waals surface area (Å²) in [5.41, 5.74) is 0.757. The number of aliphatic hydroxyl groups excluding tert-OH is 1. The van der Waals surface area contributed by atoms with Gasteiger partial charge in [0.15, 0.2) is 0 Å². The minimum absolute atomic E-state index is 0.0117. The highest BCUT2D eigenvalue weighted by Gasteiger charge is 2.34. The molecule has 2 rings (SSSR count). The number of nitrogens with one attached hydrogen (secondary N) is 1. The number of rotatable bonds is 6. The Bertz CT molecular complexity index is 479. The summed E-state index contributed by atoms with van der Waals surface area (Å²) in [4.78, 5) is 14.7. The average molecular weight is 306 g/mol. The van der Waals surface area contributed by atoms with Crippen molar-refractivity contribution in [3.63, 3.8) is 0 Å². The van der Waals surface area contributed by atoms with Crippen molar-refractivity contribution in [2.24, 2.45) is 0 Å². The maximum Gasteiger partial charge on any atom is 0.241 e. The number of hydrogen-bond donors (Lipinski definition) is 2. The molecule has 0 saturated carbocycles. The summed E-state index contributed by atoms with van der Waals surface area (Å²) in [6.07, 6.45) is 2.30. The van der Waals surface area contributed by atoms with Gasteiger partial charge in [-0.2, -0.15) is 0 Å². The largest absolute Gasteiger partial charge is 0.491 e. The molecule has 3 atom stereocenters. The van der Waals surface area contributed by atoms with Gasteiger partial charge in [0.25, 0.3) is 0 Å². The number of hydrogen-bond acceptors (Lipinski definition) is 4. The SMILES string of the molecule is C[C@@H]1CC[C@@H](C)N1[C@H](C)C(=O)Nc1ccc(OCCO)cc1. The molecule has 1 saturated heterocycles. The van der Waals surface area contributed by atoms with Gasteiger partial charge in [0, 0.05) is 17.8 Å². The van der Waals surface area contributed by atoms with Gasteiger partial charge >= 0.3 is 0 Å². The number of aliphatic hydroxyl groups is 1. The van der Waals surface area contributed by atoms with E-state index in [9.17, 15) is 4.79 Å². The Labute approximate surface area is 132 Å². The molecule has 0 bridgehead atoms. The standard InChI is InChI=1S/C17H26N2O3/c1-12-4-5-13(2)19(12)14(3)17(21)18-15-6-8-16(9-7-15)22-11-10-20/h6-9,12-14,20H,4-5,10-11H2,1-3H3,(H,18,21)/t12-,13-,14-/m1/s1. The zero-order valence-corrected chi connectivity index (χ0v) is 13.6. The Kier molecular flexibility index (Phi) is 5.80. The molecular formula is C17H26N2O3. The monoisotopic (exact) mass is 306 g/mol. The molecule has 1 amide bonds. The van der Waals surface area contributed by atoms with Crippen molar-refractivity contribution in [1.82, 2.24) is 4.90 Å². The smallest absolute Gasteiger partial charge is 0.241 e. The highest BCUT2D eigenvalue weighted by Crippen LogP contribution is 2.26. The molecule has 0 spiro atoms. The Morgan fingerprint density at radius 1 is 1.32 bits per heavy atom. The first-order valence-corrected chi connectivity index (χ1v) is 7.95. The minimum Gasteiger partial charge on any atom is -0.491 e. The van der Waals surface area contributed by atoms with Crippen LogP contribution in [0.2, 0.25) is 0 Å². The maximum absolute atomic E-state index is 12.4. The molecule has 1 fully saturated rings. The van der Waals surface area contributed by atoms with Crippen LogP contribution in [-0.4, -0.2) is 47.3 Å². The molecule has 0 radical (unpaired) electrons. The van der Waals surface area contributed by atoms with E-state index in [0.717, 1.165) is 18.5 Å². The lowest BCUT2D eigenvalue weighted by atomic mass is 10.2. The first-order valence-electron chi connectivity index (χ1n) is 7.95. The molecule has 1 aromatic carbocycles. The lowest BCUT2D eigenvalue weighted by Crippen LogP contribution is -2.46. The average Bonchev–Trinajstić information content (AvgIpc) is 2.85. The number of ether oxygens (including phenoxy) is 1. The molecule has 1 aliphatic heterocycles. The number of carbonyl (C=O) groups excluding carboxylic acids is 1. The van der Waals surface area contributed by atoms with Gasteiger partial charge in [-0.3, -0.25) is 9.69 Å². The Balaban J connectivity index is 1.93. The van der Waals surface area contributed by atoms with Crippen LogP contribution >= 0.6 is 0 Å². The molecule has 122 valence electrons. The van der Waals surface area contributed by atoms with E-state index in [1.807, 2.05) is 19.1 Å². The van der Waals surface area contributed by atoms with Gasteiger partial charge in [-0.05, 0) is 57.9 Å². The minimum atomic E-state index is -0.141.